The zero-order chi connectivity index (χ0) is 26.0. The third-order valence-electron chi connectivity index (χ3n) is 7.37. The van der Waals surface area contributed by atoms with Crippen molar-refractivity contribution in [1.82, 2.24) is 0 Å². The number of hydrogen-bond donors (Lipinski definition) is 2. The molecule has 0 saturated heterocycles. The normalized spacial score (nSPS) is 18.3. The number of rotatable bonds is 10. The Morgan fingerprint density at radius 2 is 1.86 bits per heavy atom. The molecule has 0 aliphatic heterocycles. The molecule has 37 heavy (non-hydrogen) atoms. The van der Waals surface area contributed by atoms with Crippen molar-refractivity contribution in [2.75, 3.05) is 23.9 Å². The largest absolute Gasteiger partial charge is 0.494 e. The lowest BCUT2D eigenvalue weighted by Crippen LogP contribution is -2.08. The SMILES string of the molecule is CS(=O)(=O)CCCOc1ccc2c(c1)CCCc1c(CNc3ccc([C@H]4C[C@@H]4C(=O)O)cc3)cccc1-2. The van der Waals surface area contributed by atoms with Crippen molar-refractivity contribution in [2.24, 2.45) is 5.92 Å². The average Bonchev–Trinajstić information content (AvgIpc) is 3.69. The lowest BCUT2D eigenvalue weighted by atomic mass is 9.93. The monoisotopic (exact) mass is 519 g/mol. The summed E-state index contributed by atoms with van der Waals surface area (Å²) in [6.45, 7) is 1.11. The smallest absolute Gasteiger partial charge is 0.307 e. The van der Waals surface area contributed by atoms with E-state index in [1.807, 2.05) is 30.3 Å². The van der Waals surface area contributed by atoms with Gasteiger partial charge in [-0.25, -0.2) is 8.42 Å². The van der Waals surface area contributed by atoms with Gasteiger partial charge in [0.1, 0.15) is 15.6 Å². The highest BCUT2D eigenvalue weighted by molar-refractivity contribution is 7.90. The van der Waals surface area contributed by atoms with Crippen LogP contribution < -0.4 is 10.1 Å². The van der Waals surface area contributed by atoms with E-state index in [-0.39, 0.29) is 17.6 Å². The number of sulfone groups is 1. The van der Waals surface area contributed by atoms with Gasteiger partial charge in [-0.05, 0) is 95.7 Å². The number of hydrogen-bond acceptors (Lipinski definition) is 5. The Balaban J connectivity index is 1.26. The minimum Gasteiger partial charge on any atom is -0.494 e. The third-order valence-corrected chi connectivity index (χ3v) is 8.40. The van der Waals surface area contributed by atoms with Crippen LogP contribution in [0.2, 0.25) is 0 Å². The first-order valence-electron chi connectivity index (χ1n) is 12.9. The number of aliphatic carboxylic acids is 1. The number of fused-ring (bicyclic) bond motifs is 3. The summed E-state index contributed by atoms with van der Waals surface area (Å²) in [5.41, 5.74) is 8.54. The van der Waals surface area contributed by atoms with Gasteiger partial charge in [-0.15, -0.1) is 0 Å². The molecule has 7 heteroatoms. The quantitative estimate of drug-likeness (QED) is 0.346. The van der Waals surface area contributed by atoms with Crippen LogP contribution in [0.15, 0.2) is 60.7 Å². The Kier molecular flexibility index (Phi) is 7.24. The summed E-state index contributed by atoms with van der Waals surface area (Å²) in [6.07, 6.45) is 5.49. The number of carboxylic acids is 1. The predicted molar refractivity (Wildman–Crippen MR) is 146 cm³/mol. The van der Waals surface area contributed by atoms with E-state index in [1.54, 1.807) is 0 Å². The molecule has 0 heterocycles. The standard InChI is InChI=1S/C30H33NO5S/c1-37(34,35)16-4-15-36-24-13-14-26-21(17-24)5-2-7-25-22(6-3-8-27(25)26)19-31-23-11-9-20(10-12-23)28-18-29(28)30(32)33/h3,6,8-14,17,28-29,31H,2,4-5,7,15-16,18-19H2,1H3,(H,32,33)/t28-,29+/m1/s1. The molecule has 3 aromatic rings. The van der Waals surface area contributed by atoms with Crippen LogP contribution in [0.4, 0.5) is 5.69 Å². The average molecular weight is 520 g/mol. The van der Waals surface area contributed by atoms with Crippen molar-refractivity contribution in [3.8, 4) is 16.9 Å². The highest BCUT2D eigenvalue weighted by Gasteiger charge is 2.44. The fourth-order valence-corrected chi connectivity index (χ4v) is 5.97. The number of benzene rings is 3. The molecule has 0 aromatic heterocycles. The Morgan fingerprint density at radius 1 is 1.05 bits per heavy atom. The molecule has 2 aliphatic carbocycles. The molecule has 2 aliphatic rings. The maximum atomic E-state index is 11.3. The van der Waals surface area contributed by atoms with Gasteiger partial charge in [-0.3, -0.25) is 4.79 Å². The second-order valence-electron chi connectivity index (χ2n) is 10.2. The Hall–Kier alpha value is -3.32. The van der Waals surface area contributed by atoms with E-state index in [2.05, 4.69) is 35.6 Å². The minimum absolute atomic E-state index is 0.137. The number of aryl methyl sites for hydroxylation is 1. The molecule has 0 spiro atoms. The van der Waals surface area contributed by atoms with Gasteiger partial charge >= 0.3 is 5.97 Å². The van der Waals surface area contributed by atoms with Crippen LogP contribution in [-0.4, -0.2) is 38.1 Å². The van der Waals surface area contributed by atoms with Crippen LogP contribution in [0.5, 0.6) is 5.75 Å². The highest BCUT2D eigenvalue weighted by atomic mass is 32.2. The lowest BCUT2D eigenvalue weighted by molar-refractivity contribution is -0.138. The summed E-state index contributed by atoms with van der Waals surface area (Å²) in [7, 11) is -2.97. The number of carbonyl (C=O) groups is 1. The van der Waals surface area contributed by atoms with E-state index in [1.165, 1.54) is 34.1 Å². The van der Waals surface area contributed by atoms with Crippen LogP contribution in [0.1, 0.15) is 47.4 Å². The van der Waals surface area contributed by atoms with Crippen molar-refractivity contribution in [3.63, 3.8) is 0 Å². The molecule has 0 bridgehead atoms. The molecule has 2 N–H and O–H groups in total. The van der Waals surface area contributed by atoms with Gasteiger partial charge < -0.3 is 15.2 Å². The van der Waals surface area contributed by atoms with Crippen molar-refractivity contribution in [2.45, 2.75) is 44.6 Å². The molecule has 5 rings (SSSR count). The number of ether oxygens (including phenoxy) is 1. The fourth-order valence-electron chi connectivity index (χ4n) is 5.33. The molecule has 3 aromatic carbocycles. The van der Waals surface area contributed by atoms with Crippen LogP contribution in [0, 0.1) is 5.92 Å². The number of anilines is 1. The molecule has 1 fully saturated rings. The van der Waals surface area contributed by atoms with Gasteiger partial charge in [0.15, 0.2) is 0 Å². The molecular formula is C30H33NO5S. The van der Waals surface area contributed by atoms with Crippen molar-refractivity contribution in [3.05, 3.63) is 82.9 Å². The molecule has 0 radical (unpaired) electrons. The van der Waals surface area contributed by atoms with Crippen LogP contribution >= 0.6 is 0 Å². The zero-order valence-electron chi connectivity index (χ0n) is 21.1. The van der Waals surface area contributed by atoms with Gasteiger partial charge in [-0.1, -0.05) is 36.4 Å². The predicted octanol–water partition coefficient (Wildman–Crippen LogP) is 5.46. The molecule has 2 atom stereocenters. The maximum absolute atomic E-state index is 11.3. The van der Waals surface area contributed by atoms with Gasteiger partial charge in [0.05, 0.1) is 18.3 Å². The lowest BCUT2D eigenvalue weighted by Gasteiger charge is -2.16. The van der Waals surface area contributed by atoms with E-state index >= 15 is 0 Å². The van der Waals surface area contributed by atoms with Crippen LogP contribution in [0.3, 0.4) is 0 Å². The summed E-state index contributed by atoms with van der Waals surface area (Å²) < 4.78 is 28.5. The highest BCUT2D eigenvalue weighted by Crippen LogP contribution is 2.47. The van der Waals surface area contributed by atoms with Crippen LogP contribution in [-0.2, 0) is 34.0 Å². The summed E-state index contributed by atoms with van der Waals surface area (Å²) in [5, 5.41) is 12.7. The topological polar surface area (TPSA) is 92.7 Å². The summed E-state index contributed by atoms with van der Waals surface area (Å²) >= 11 is 0. The Morgan fingerprint density at radius 3 is 2.59 bits per heavy atom. The fraction of sp³-hybridized carbons (Fsp3) is 0.367. The van der Waals surface area contributed by atoms with E-state index in [0.29, 0.717) is 13.0 Å². The van der Waals surface area contributed by atoms with Gasteiger partial charge in [0.25, 0.3) is 0 Å². The maximum Gasteiger partial charge on any atom is 0.307 e. The number of carboxylic acid groups (broad SMARTS) is 1. The molecule has 0 amide bonds. The Bertz CT molecular complexity index is 1400. The summed E-state index contributed by atoms with van der Waals surface area (Å²) in [4.78, 5) is 11.2. The first-order chi connectivity index (χ1) is 17.8. The van der Waals surface area contributed by atoms with Crippen molar-refractivity contribution < 1.29 is 23.1 Å². The van der Waals surface area contributed by atoms with Crippen molar-refractivity contribution in [1.29, 1.82) is 0 Å². The molecule has 0 unspecified atom stereocenters. The summed E-state index contributed by atoms with van der Waals surface area (Å²) in [5.74, 6) is 0.140. The van der Waals surface area contributed by atoms with Gasteiger partial charge in [0.2, 0.25) is 0 Å². The summed E-state index contributed by atoms with van der Waals surface area (Å²) in [6, 6.07) is 20.9. The molecule has 194 valence electrons. The zero-order valence-corrected chi connectivity index (χ0v) is 21.9. The van der Waals surface area contributed by atoms with Gasteiger partial charge in [-0.2, -0.15) is 0 Å². The van der Waals surface area contributed by atoms with E-state index in [4.69, 9.17) is 4.74 Å². The first-order valence-corrected chi connectivity index (χ1v) is 15.0. The van der Waals surface area contributed by atoms with E-state index in [9.17, 15) is 18.3 Å². The molecule has 6 nitrogen and oxygen atoms in total. The second kappa shape index (κ2) is 10.6. The second-order valence-corrected chi connectivity index (χ2v) is 12.5. The van der Waals surface area contributed by atoms with Gasteiger partial charge in [0, 0.05) is 18.5 Å². The number of nitrogens with one attached hydrogen (secondary N) is 1. The van der Waals surface area contributed by atoms with E-state index in [0.717, 1.165) is 49.2 Å². The van der Waals surface area contributed by atoms with Crippen molar-refractivity contribution >= 4 is 21.5 Å². The van der Waals surface area contributed by atoms with Crippen LogP contribution in [0.25, 0.3) is 11.1 Å². The third kappa shape index (κ3) is 6.16. The molecule has 1 saturated carbocycles. The van der Waals surface area contributed by atoms with E-state index < -0.39 is 15.8 Å². The Labute approximate surface area is 218 Å². The molecular weight excluding hydrogens is 486 g/mol. The first kappa shape index (κ1) is 25.3. The minimum atomic E-state index is -2.97.